The monoisotopic (exact) mass is 251 g/mol. The third-order valence-corrected chi connectivity index (χ3v) is 3.27. The minimum atomic E-state index is -0.444. The largest absolute Gasteiger partial charge is 0.312 e. The van der Waals surface area contributed by atoms with Gasteiger partial charge in [0.25, 0.3) is 5.24 Å². The molecule has 4 heteroatoms. The minimum absolute atomic E-state index is 0.444. The van der Waals surface area contributed by atoms with Gasteiger partial charge < -0.3 is 4.57 Å². The lowest BCUT2D eigenvalue weighted by Gasteiger charge is -2.10. The van der Waals surface area contributed by atoms with Crippen LogP contribution in [0.25, 0.3) is 5.69 Å². The number of hydrogen-bond acceptors (Lipinski definition) is 2. The maximum absolute atomic E-state index is 11.2. The molecule has 2 nitrogen and oxygen atoms in total. The van der Waals surface area contributed by atoms with Gasteiger partial charge in [-0.25, -0.2) is 0 Å². The molecular weight excluding hydrogens is 242 g/mol. The highest BCUT2D eigenvalue weighted by Gasteiger charge is 2.11. The molecule has 0 radical (unpaired) electrons. The number of carbonyl (C=O) groups excluding carboxylic acids is 1. The average Bonchev–Trinajstić information content (AvgIpc) is 2.77. The lowest BCUT2D eigenvalue weighted by Crippen LogP contribution is -2.02. The molecule has 0 atom stereocenters. The third kappa shape index (κ3) is 2.01. The Kier molecular flexibility index (Phi) is 3.36. The van der Waals surface area contributed by atoms with E-state index < -0.39 is 5.24 Å². The first-order valence-corrected chi connectivity index (χ1v) is 6.35. The molecule has 0 bridgehead atoms. The van der Waals surface area contributed by atoms with Crippen molar-refractivity contribution in [3.8, 4) is 5.69 Å². The van der Waals surface area contributed by atoms with Crippen LogP contribution in [0.2, 0.25) is 0 Å². The minimum Gasteiger partial charge on any atom is -0.312 e. The van der Waals surface area contributed by atoms with Gasteiger partial charge in [0, 0.05) is 11.1 Å². The summed E-state index contributed by atoms with van der Waals surface area (Å²) in [6.45, 7) is 0. The molecule has 82 valence electrons. The van der Waals surface area contributed by atoms with Crippen LogP contribution in [0.5, 0.6) is 0 Å². The van der Waals surface area contributed by atoms with Crippen molar-refractivity contribution in [2.75, 3.05) is 6.26 Å². The Bertz CT molecular complexity index is 521. The summed E-state index contributed by atoms with van der Waals surface area (Å²) in [4.78, 5) is 12.3. The number of nitrogens with zero attached hydrogens (tertiary/aromatic N) is 1. The molecule has 0 aliphatic carbocycles. The molecule has 1 aromatic heterocycles. The first-order chi connectivity index (χ1) is 7.74. The van der Waals surface area contributed by atoms with Gasteiger partial charge in [0.2, 0.25) is 0 Å². The van der Waals surface area contributed by atoms with E-state index in [0.29, 0.717) is 5.69 Å². The second-order valence-electron chi connectivity index (χ2n) is 3.21. The highest BCUT2D eigenvalue weighted by molar-refractivity contribution is 7.98. The Balaban J connectivity index is 2.58. The second-order valence-corrected chi connectivity index (χ2v) is 4.40. The summed E-state index contributed by atoms with van der Waals surface area (Å²) in [5.41, 5.74) is 1.46. The SMILES string of the molecule is CSc1ccccc1-n1cccc1C(=O)Cl. The molecule has 2 aromatic rings. The van der Waals surface area contributed by atoms with Crippen LogP contribution in [0.15, 0.2) is 47.5 Å². The Morgan fingerprint density at radius 1 is 1.25 bits per heavy atom. The maximum atomic E-state index is 11.2. The molecule has 0 saturated carbocycles. The van der Waals surface area contributed by atoms with Crippen LogP contribution < -0.4 is 0 Å². The highest BCUT2D eigenvalue weighted by atomic mass is 35.5. The zero-order chi connectivity index (χ0) is 11.5. The lowest BCUT2D eigenvalue weighted by atomic mass is 10.3. The molecule has 1 heterocycles. The van der Waals surface area contributed by atoms with Gasteiger partial charge >= 0.3 is 0 Å². The fourth-order valence-corrected chi connectivity index (χ4v) is 2.32. The predicted molar refractivity (Wildman–Crippen MR) is 67.7 cm³/mol. The van der Waals surface area contributed by atoms with E-state index in [1.165, 1.54) is 0 Å². The van der Waals surface area contributed by atoms with Crippen LogP contribution in [-0.2, 0) is 0 Å². The standard InChI is InChI=1S/C12H10ClNOS/c1-16-11-7-3-2-5-9(11)14-8-4-6-10(14)12(13)15/h2-8H,1H3. The molecule has 0 saturated heterocycles. The number of aromatic nitrogens is 1. The summed E-state index contributed by atoms with van der Waals surface area (Å²) in [6, 6.07) is 11.4. The van der Waals surface area contributed by atoms with E-state index in [9.17, 15) is 4.79 Å². The molecule has 2 rings (SSSR count). The van der Waals surface area contributed by atoms with Gasteiger partial charge in [-0.15, -0.1) is 11.8 Å². The van der Waals surface area contributed by atoms with Gasteiger partial charge in [-0.05, 0) is 42.1 Å². The van der Waals surface area contributed by atoms with Gasteiger partial charge in [0.1, 0.15) is 5.69 Å². The number of thioether (sulfide) groups is 1. The quantitative estimate of drug-likeness (QED) is 0.615. The van der Waals surface area contributed by atoms with Crippen molar-refractivity contribution in [3.05, 3.63) is 48.3 Å². The van der Waals surface area contributed by atoms with Crippen molar-refractivity contribution in [2.24, 2.45) is 0 Å². The molecule has 0 unspecified atom stereocenters. The number of para-hydroxylation sites is 1. The Labute approximate surface area is 103 Å². The molecule has 0 aliphatic heterocycles. The van der Waals surface area contributed by atoms with E-state index in [4.69, 9.17) is 11.6 Å². The van der Waals surface area contributed by atoms with Crippen molar-refractivity contribution in [3.63, 3.8) is 0 Å². The summed E-state index contributed by atoms with van der Waals surface area (Å²) in [7, 11) is 0. The molecule has 0 N–H and O–H groups in total. The van der Waals surface area contributed by atoms with E-state index >= 15 is 0 Å². The van der Waals surface area contributed by atoms with Gasteiger partial charge in [-0.3, -0.25) is 4.79 Å². The van der Waals surface area contributed by atoms with Crippen molar-refractivity contribution >= 4 is 28.6 Å². The van der Waals surface area contributed by atoms with E-state index in [1.54, 1.807) is 22.4 Å². The second kappa shape index (κ2) is 4.76. The first-order valence-electron chi connectivity index (χ1n) is 4.74. The molecule has 0 fully saturated rings. The van der Waals surface area contributed by atoms with E-state index in [0.717, 1.165) is 10.6 Å². The molecule has 0 spiro atoms. The molecule has 0 aliphatic rings. The Hall–Kier alpha value is -1.19. The fourth-order valence-electron chi connectivity index (χ4n) is 1.58. The molecular formula is C12H10ClNOS. The third-order valence-electron chi connectivity index (χ3n) is 2.29. The van der Waals surface area contributed by atoms with Gasteiger partial charge in [0.15, 0.2) is 0 Å². The van der Waals surface area contributed by atoms with Crippen molar-refractivity contribution in [2.45, 2.75) is 4.90 Å². The molecule has 0 amide bonds. The van der Waals surface area contributed by atoms with Crippen LogP contribution in [0.1, 0.15) is 10.5 Å². The smallest absolute Gasteiger partial charge is 0.269 e. The topological polar surface area (TPSA) is 22.0 Å². The summed E-state index contributed by atoms with van der Waals surface area (Å²) >= 11 is 7.17. The zero-order valence-electron chi connectivity index (χ0n) is 8.68. The van der Waals surface area contributed by atoms with Crippen LogP contribution in [0.4, 0.5) is 0 Å². The number of benzene rings is 1. The lowest BCUT2D eigenvalue weighted by molar-refractivity contribution is 0.107. The van der Waals surface area contributed by atoms with Crippen LogP contribution >= 0.6 is 23.4 Å². The van der Waals surface area contributed by atoms with E-state index in [1.807, 2.05) is 42.8 Å². The number of carbonyl (C=O) groups is 1. The highest BCUT2D eigenvalue weighted by Crippen LogP contribution is 2.25. The Morgan fingerprint density at radius 3 is 2.69 bits per heavy atom. The molecule has 1 aromatic carbocycles. The van der Waals surface area contributed by atoms with Gasteiger partial charge in [0.05, 0.1) is 5.69 Å². The van der Waals surface area contributed by atoms with Crippen LogP contribution in [-0.4, -0.2) is 16.1 Å². The van der Waals surface area contributed by atoms with Crippen LogP contribution in [0.3, 0.4) is 0 Å². The van der Waals surface area contributed by atoms with E-state index in [2.05, 4.69) is 0 Å². The summed E-state index contributed by atoms with van der Waals surface area (Å²) < 4.78 is 1.81. The number of halogens is 1. The van der Waals surface area contributed by atoms with Crippen LogP contribution in [0, 0.1) is 0 Å². The summed E-state index contributed by atoms with van der Waals surface area (Å²) in [5, 5.41) is -0.444. The average molecular weight is 252 g/mol. The fraction of sp³-hybridized carbons (Fsp3) is 0.0833. The maximum Gasteiger partial charge on any atom is 0.269 e. The summed E-state index contributed by atoms with van der Waals surface area (Å²) in [6.07, 6.45) is 3.84. The number of hydrogen-bond donors (Lipinski definition) is 0. The first kappa shape index (κ1) is 11.3. The molecule has 16 heavy (non-hydrogen) atoms. The summed E-state index contributed by atoms with van der Waals surface area (Å²) in [5.74, 6) is 0. The normalized spacial score (nSPS) is 10.4. The van der Waals surface area contributed by atoms with E-state index in [-0.39, 0.29) is 0 Å². The van der Waals surface area contributed by atoms with Gasteiger partial charge in [-0.1, -0.05) is 12.1 Å². The van der Waals surface area contributed by atoms with Crippen molar-refractivity contribution in [1.82, 2.24) is 4.57 Å². The van der Waals surface area contributed by atoms with Crippen molar-refractivity contribution in [1.29, 1.82) is 0 Å². The van der Waals surface area contributed by atoms with Crippen molar-refractivity contribution < 1.29 is 4.79 Å². The Morgan fingerprint density at radius 2 is 2.00 bits per heavy atom. The van der Waals surface area contributed by atoms with Gasteiger partial charge in [-0.2, -0.15) is 0 Å². The zero-order valence-corrected chi connectivity index (χ0v) is 10.3. The number of rotatable bonds is 3. The predicted octanol–water partition coefficient (Wildman–Crippen LogP) is 3.58.